The molecule has 7 heteroatoms. The maximum absolute atomic E-state index is 13.7. The van der Waals surface area contributed by atoms with Gasteiger partial charge in [0.2, 0.25) is 0 Å². The van der Waals surface area contributed by atoms with Crippen LogP contribution in [0.2, 0.25) is 5.02 Å². The van der Waals surface area contributed by atoms with Crippen LogP contribution < -0.4 is 5.32 Å². The maximum Gasteiger partial charge on any atom is 0.275 e. The van der Waals surface area contributed by atoms with Gasteiger partial charge in [-0.2, -0.15) is 0 Å². The lowest BCUT2D eigenvalue weighted by molar-refractivity contribution is -0.385. The summed E-state index contributed by atoms with van der Waals surface area (Å²) in [7, 11) is 0. The lowest BCUT2D eigenvalue weighted by Gasteiger charge is -2.09. The van der Waals surface area contributed by atoms with E-state index >= 15 is 0 Å². The summed E-state index contributed by atoms with van der Waals surface area (Å²) in [4.78, 5) is 10.4. The molecule has 104 valence electrons. The first-order valence-electron chi connectivity index (χ1n) is 5.59. The van der Waals surface area contributed by atoms with Crippen LogP contribution in [0.25, 0.3) is 0 Å². The Morgan fingerprint density at radius 1 is 1.35 bits per heavy atom. The number of nitrogens with one attached hydrogen (secondary N) is 1. The number of benzene rings is 2. The molecule has 0 heterocycles. The monoisotopic (exact) mass is 358 g/mol. The van der Waals surface area contributed by atoms with Crippen LogP contribution in [0.15, 0.2) is 40.9 Å². The second-order valence-electron chi connectivity index (χ2n) is 3.97. The van der Waals surface area contributed by atoms with E-state index in [4.69, 9.17) is 11.6 Å². The first kappa shape index (κ1) is 14.7. The second-order valence-corrected chi connectivity index (χ2v) is 5.30. The summed E-state index contributed by atoms with van der Waals surface area (Å²) in [5, 5.41) is 14.0. The number of nitro groups is 1. The van der Waals surface area contributed by atoms with Crippen LogP contribution in [0.4, 0.5) is 15.8 Å². The molecule has 0 bridgehead atoms. The first-order valence-corrected chi connectivity index (χ1v) is 6.77. The molecule has 1 N–H and O–H groups in total. The van der Waals surface area contributed by atoms with E-state index in [0.717, 1.165) is 0 Å². The fourth-order valence-electron chi connectivity index (χ4n) is 1.71. The van der Waals surface area contributed by atoms with Crippen molar-refractivity contribution in [1.82, 2.24) is 0 Å². The van der Waals surface area contributed by atoms with Crippen molar-refractivity contribution in [2.45, 2.75) is 6.54 Å². The molecule has 0 unspecified atom stereocenters. The number of anilines is 1. The largest absolute Gasteiger partial charge is 0.378 e. The Labute approximate surface area is 127 Å². The molecule has 4 nitrogen and oxygen atoms in total. The third-order valence-corrected chi connectivity index (χ3v) is 3.52. The second kappa shape index (κ2) is 6.19. The lowest BCUT2D eigenvalue weighted by atomic mass is 10.1. The van der Waals surface area contributed by atoms with Gasteiger partial charge in [0.05, 0.1) is 21.2 Å². The third-order valence-electron chi connectivity index (χ3n) is 2.68. The number of hydrogen-bond acceptors (Lipinski definition) is 3. The molecule has 0 amide bonds. The molecule has 0 aliphatic carbocycles. The summed E-state index contributed by atoms with van der Waals surface area (Å²) in [6.45, 7) is 0.0640. The average Bonchev–Trinajstić information content (AvgIpc) is 2.38. The van der Waals surface area contributed by atoms with Crippen molar-refractivity contribution >= 4 is 38.9 Å². The number of nitro benzene ring substituents is 1. The quantitative estimate of drug-likeness (QED) is 0.632. The van der Waals surface area contributed by atoms with Crippen molar-refractivity contribution in [3.63, 3.8) is 0 Å². The molecule has 0 saturated carbocycles. The molecule has 0 aliphatic rings. The SMILES string of the molecule is O=[N+]([O-])c1cccc(Cl)c1CNc1ccc(Br)cc1F. The van der Waals surface area contributed by atoms with Crippen LogP contribution in [0.1, 0.15) is 5.56 Å². The van der Waals surface area contributed by atoms with E-state index in [1.165, 1.54) is 18.2 Å². The average molecular weight is 360 g/mol. The van der Waals surface area contributed by atoms with Crippen LogP contribution in [0.5, 0.6) is 0 Å². The standard InChI is InChI=1S/C13H9BrClFN2O2/c14-8-4-5-12(11(16)6-8)17-7-9-10(15)2-1-3-13(9)18(19)20/h1-6,17H,7H2. The molecule has 0 fully saturated rings. The molecule has 0 radical (unpaired) electrons. The van der Waals surface area contributed by atoms with E-state index in [9.17, 15) is 14.5 Å². The van der Waals surface area contributed by atoms with Crippen molar-refractivity contribution in [3.8, 4) is 0 Å². The van der Waals surface area contributed by atoms with Gasteiger partial charge in [-0.1, -0.05) is 33.6 Å². The van der Waals surface area contributed by atoms with Crippen LogP contribution in [0, 0.1) is 15.9 Å². The summed E-state index contributed by atoms with van der Waals surface area (Å²) in [5.74, 6) is -0.450. The third kappa shape index (κ3) is 3.26. The minimum Gasteiger partial charge on any atom is -0.378 e. The van der Waals surface area contributed by atoms with Crippen LogP contribution in [-0.4, -0.2) is 4.92 Å². The summed E-state index contributed by atoms with van der Waals surface area (Å²) < 4.78 is 14.3. The van der Waals surface area contributed by atoms with Crippen LogP contribution in [-0.2, 0) is 6.54 Å². The molecule has 2 rings (SSSR count). The van der Waals surface area contributed by atoms with E-state index < -0.39 is 10.7 Å². The van der Waals surface area contributed by atoms with Gasteiger partial charge >= 0.3 is 0 Å². The number of halogens is 3. The molecule has 0 aliphatic heterocycles. The predicted molar refractivity (Wildman–Crippen MR) is 79.5 cm³/mol. The Bertz CT molecular complexity index is 667. The Balaban J connectivity index is 2.25. The summed E-state index contributed by atoms with van der Waals surface area (Å²) >= 11 is 9.12. The fraction of sp³-hybridized carbons (Fsp3) is 0.0769. The Hall–Kier alpha value is -1.66. The molecule has 0 aromatic heterocycles. The molecule has 2 aromatic carbocycles. The minimum absolute atomic E-state index is 0.0640. The van der Waals surface area contributed by atoms with Crippen LogP contribution in [0.3, 0.4) is 0 Å². The molecule has 0 saturated heterocycles. The van der Waals surface area contributed by atoms with Crippen molar-refractivity contribution in [2.75, 3.05) is 5.32 Å². The van der Waals surface area contributed by atoms with Crippen LogP contribution >= 0.6 is 27.5 Å². The predicted octanol–water partition coefficient (Wildman–Crippen LogP) is 4.76. The van der Waals surface area contributed by atoms with Crippen molar-refractivity contribution < 1.29 is 9.31 Å². The Morgan fingerprint density at radius 3 is 2.75 bits per heavy atom. The molecular formula is C13H9BrClFN2O2. The van der Waals surface area contributed by atoms with Gasteiger partial charge in [0.15, 0.2) is 0 Å². The van der Waals surface area contributed by atoms with E-state index in [2.05, 4.69) is 21.2 Å². The molecule has 0 spiro atoms. The number of rotatable bonds is 4. The number of nitrogens with zero attached hydrogens (tertiary/aromatic N) is 1. The van der Waals surface area contributed by atoms with Gasteiger partial charge in [-0.15, -0.1) is 0 Å². The Morgan fingerprint density at radius 2 is 2.10 bits per heavy atom. The van der Waals surface area contributed by atoms with Gasteiger partial charge in [-0.05, 0) is 24.3 Å². The zero-order valence-electron chi connectivity index (χ0n) is 10.1. The van der Waals surface area contributed by atoms with Crippen molar-refractivity contribution in [2.24, 2.45) is 0 Å². The van der Waals surface area contributed by atoms with Crippen molar-refractivity contribution in [1.29, 1.82) is 0 Å². The van der Waals surface area contributed by atoms with E-state index in [1.54, 1.807) is 18.2 Å². The highest BCUT2D eigenvalue weighted by Crippen LogP contribution is 2.28. The van der Waals surface area contributed by atoms with E-state index in [-0.39, 0.29) is 22.9 Å². The Kier molecular flexibility index (Phi) is 4.57. The van der Waals surface area contributed by atoms with E-state index in [0.29, 0.717) is 10.0 Å². The minimum atomic E-state index is -0.513. The van der Waals surface area contributed by atoms with Gasteiger partial charge < -0.3 is 5.32 Å². The smallest absolute Gasteiger partial charge is 0.275 e. The number of hydrogen-bond donors (Lipinski definition) is 1. The van der Waals surface area contributed by atoms with Crippen molar-refractivity contribution in [3.05, 3.63) is 67.4 Å². The molecule has 20 heavy (non-hydrogen) atoms. The molecular weight excluding hydrogens is 351 g/mol. The summed E-state index contributed by atoms with van der Waals surface area (Å²) in [6.07, 6.45) is 0. The van der Waals surface area contributed by atoms with Gasteiger partial charge in [0.25, 0.3) is 5.69 Å². The zero-order chi connectivity index (χ0) is 14.7. The zero-order valence-corrected chi connectivity index (χ0v) is 12.4. The fourth-order valence-corrected chi connectivity index (χ4v) is 2.28. The highest BCUT2D eigenvalue weighted by atomic mass is 79.9. The molecule has 0 atom stereocenters. The van der Waals surface area contributed by atoms with Gasteiger partial charge in [-0.3, -0.25) is 10.1 Å². The summed E-state index contributed by atoms with van der Waals surface area (Å²) in [5.41, 5.74) is 0.478. The van der Waals surface area contributed by atoms with Gasteiger partial charge in [0.1, 0.15) is 5.82 Å². The highest BCUT2D eigenvalue weighted by molar-refractivity contribution is 9.10. The summed E-state index contributed by atoms with van der Waals surface area (Å²) in [6, 6.07) is 8.95. The van der Waals surface area contributed by atoms with E-state index in [1.807, 2.05) is 0 Å². The maximum atomic E-state index is 13.7. The topological polar surface area (TPSA) is 55.2 Å². The first-order chi connectivity index (χ1) is 9.49. The normalized spacial score (nSPS) is 10.3. The van der Waals surface area contributed by atoms with Gasteiger partial charge in [0, 0.05) is 17.1 Å². The lowest BCUT2D eigenvalue weighted by Crippen LogP contribution is -2.05. The van der Waals surface area contributed by atoms with Gasteiger partial charge in [-0.25, -0.2) is 4.39 Å². The highest BCUT2D eigenvalue weighted by Gasteiger charge is 2.16. The molecule has 2 aromatic rings.